The van der Waals surface area contributed by atoms with Crippen LogP contribution in [0.5, 0.6) is 5.75 Å². The number of carbonyl (C=O) groups excluding carboxylic acids is 1. The second-order valence-corrected chi connectivity index (χ2v) is 9.51. The minimum atomic E-state index is -0.0342. The lowest BCUT2D eigenvalue weighted by molar-refractivity contribution is -0.120. The van der Waals surface area contributed by atoms with Crippen LogP contribution in [0.1, 0.15) is 34.7 Å². The Kier molecular flexibility index (Phi) is 6.41. The number of aryl methyl sites for hydroxylation is 4. The van der Waals surface area contributed by atoms with Gasteiger partial charge in [0.25, 0.3) is 0 Å². The van der Waals surface area contributed by atoms with Crippen LogP contribution in [0, 0.1) is 33.6 Å². The predicted octanol–water partition coefficient (Wildman–Crippen LogP) is 4.70. The molecule has 0 saturated carbocycles. The number of benzene rings is 1. The van der Waals surface area contributed by atoms with Crippen LogP contribution in [0.25, 0.3) is 11.3 Å². The van der Waals surface area contributed by atoms with Crippen LogP contribution in [0.15, 0.2) is 24.3 Å². The number of rotatable bonds is 5. The van der Waals surface area contributed by atoms with E-state index in [1.165, 1.54) is 11.3 Å². The van der Waals surface area contributed by atoms with Gasteiger partial charge in [-0.15, -0.1) is 11.3 Å². The minimum Gasteiger partial charge on any atom is -0.496 e. The highest BCUT2D eigenvalue weighted by atomic mass is 32.1. The molecule has 168 valence electrons. The van der Waals surface area contributed by atoms with Crippen molar-refractivity contribution in [2.75, 3.05) is 30.4 Å². The lowest BCUT2D eigenvalue weighted by Gasteiger charge is -2.31. The lowest BCUT2D eigenvalue weighted by Crippen LogP contribution is -2.39. The number of anilines is 2. The van der Waals surface area contributed by atoms with Crippen molar-refractivity contribution in [2.24, 2.45) is 5.92 Å². The van der Waals surface area contributed by atoms with Crippen molar-refractivity contribution in [3.63, 3.8) is 0 Å². The van der Waals surface area contributed by atoms with E-state index in [1.807, 2.05) is 45.9 Å². The van der Waals surface area contributed by atoms with E-state index < -0.39 is 0 Å². The van der Waals surface area contributed by atoms with Crippen LogP contribution < -0.4 is 15.0 Å². The molecule has 1 aliphatic heterocycles. The maximum atomic E-state index is 12.9. The molecule has 2 aromatic heterocycles. The normalized spacial score (nSPS) is 14.5. The summed E-state index contributed by atoms with van der Waals surface area (Å²) in [5.74, 6) is 1.62. The van der Waals surface area contributed by atoms with Crippen molar-refractivity contribution >= 4 is 28.3 Å². The molecule has 0 spiro atoms. The first-order valence-electron chi connectivity index (χ1n) is 10.8. The molecule has 0 bridgehead atoms. The van der Waals surface area contributed by atoms with Gasteiger partial charge in [-0.1, -0.05) is 0 Å². The van der Waals surface area contributed by atoms with E-state index in [-0.39, 0.29) is 11.8 Å². The van der Waals surface area contributed by atoms with Gasteiger partial charge in [-0.2, -0.15) is 0 Å². The Morgan fingerprint density at radius 1 is 1.06 bits per heavy atom. The van der Waals surface area contributed by atoms with Crippen LogP contribution in [-0.2, 0) is 4.79 Å². The van der Waals surface area contributed by atoms with Gasteiger partial charge in [0.2, 0.25) is 11.9 Å². The molecular weight excluding hydrogens is 422 g/mol. The van der Waals surface area contributed by atoms with Crippen LogP contribution in [0.2, 0.25) is 0 Å². The van der Waals surface area contributed by atoms with Gasteiger partial charge in [-0.05, 0) is 70.4 Å². The maximum Gasteiger partial charge on any atom is 0.229 e. The third-order valence-corrected chi connectivity index (χ3v) is 6.70. The number of hydrogen-bond donors (Lipinski definition) is 1. The molecule has 1 N–H and O–H groups in total. The number of carbonyl (C=O) groups is 1. The molecule has 1 aromatic carbocycles. The fraction of sp³-hybridized carbons (Fsp3) is 0.417. The molecule has 3 heterocycles. The average molecular weight is 452 g/mol. The second-order valence-electron chi connectivity index (χ2n) is 8.31. The summed E-state index contributed by atoms with van der Waals surface area (Å²) < 4.78 is 5.35. The predicted molar refractivity (Wildman–Crippen MR) is 129 cm³/mol. The fourth-order valence-electron chi connectivity index (χ4n) is 4.14. The summed E-state index contributed by atoms with van der Waals surface area (Å²) in [6.07, 6.45) is 1.55. The SMILES string of the molecule is COc1ccc(-c2nc(NC(=O)C3CCN(c4nc(C)cc(C)n4)CC3)sc2C)cc1C. The number of piperidine rings is 1. The van der Waals surface area contributed by atoms with Crippen molar-refractivity contribution in [1.82, 2.24) is 15.0 Å². The van der Waals surface area contributed by atoms with Gasteiger partial charge >= 0.3 is 0 Å². The number of thiazole rings is 1. The largest absolute Gasteiger partial charge is 0.496 e. The second kappa shape index (κ2) is 9.24. The zero-order valence-electron chi connectivity index (χ0n) is 19.2. The average Bonchev–Trinajstić information content (AvgIpc) is 3.13. The molecule has 1 fully saturated rings. The summed E-state index contributed by atoms with van der Waals surface area (Å²) >= 11 is 1.51. The topological polar surface area (TPSA) is 80.2 Å². The summed E-state index contributed by atoms with van der Waals surface area (Å²) in [6, 6.07) is 8.00. The van der Waals surface area contributed by atoms with Gasteiger partial charge in [0.1, 0.15) is 5.75 Å². The van der Waals surface area contributed by atoms with Crippen LogP contribution in [-0.4, -0.2) is 41.1 Å². The quantitative estimate of drug-likeness (QED) is 0.606. The van der Waals surface area contributed by atoms with Crippen molar-refractivity contribution in [1.29, 1.82) is 0 Å². The first-order valence-corrected chi connectivity index (χ1v) is 11.7. The molecule has 1 saturated heterocycles. The van der Waals surface area contributed by atoms with E-state index >= 15 is 0 Å². The zero-order valence-corrected chi connectivity index (χ0v) is 20.0. The number of methoxy groups -OCH3 is 1. The van der Waals surface area contributed by atoms with Gasteiger partial charge < -0.3 is 15.0 Å². The zero-order chi connectivity index (χ0) is 22.8. The minimum absolute atomic E-state index is 0.0342. The Balaban J connectivity index is 1.40. The van der Waals surface area contributed by atoms with Gasteiger partial charge in [0.15, 0.2) is 5.13 Å². The number of amides is 1. The summed E-state index contributed by atoms with van der Waals surface area (Å²) in [5, 5.41) is 3.70. The summed E-state index contributed by atoms with van der Waals surface area (Å²) in [5.41, 5.74) is 4.92. The Bertz CT molecular complexity index is 1120. The third-order valence-electron chi connectivity index (χ3n) is 5.81. The molecule has 32 heavy (non-hydrogen) atoms. The molecule has 7 nitrogen and oxygen atoms in total. The van der Waals surface area contributed by atoms with Crippen LogP contribution in [0.3, 0.4) is 0 Å². The number of aromatic nitrogens is 3. The van der Waals surface area contributed by atoms with Crippen molar-refractivity contribution in [3.05, 3.63) is 46.1 Å². The number of nitrogens with one attached hydrogen (secondary N) is 1. The Morgan fingerprint density at radius 3 is 2.38 bits per heavy atom. The van der Waals surface area contributed by atoms with Crippen molar-refractivity contribution < 1.29 is 9.53 Å². The number of nitrogens with zero attached hydrogens (tertiary/aromatic N) is 4. The molecule has 3 aromatic rings. The maximum absolute atomic E-state index is 12.9. The van der Waals surface area contributed by atoms with Crippen molar-refractivity contribution in [3.8, 4) is 17.0 Å². The van der Waals surface area contributed by atoms with E-state index in [4.69, 9.17) is 9.72 Å². The standard InChI is InChI=1S/C24H29N5O2S/c1-14-12-19(6-7-20(14)31-5)21-17(4)32-24(27-21)28-22(30)18-8-10-29(11-9-18)23-25-15(2)13-16(3)26-23/h6-7,12-13,18H,8-11H2,1-5H3,(H,27,28,30). The van der Waals surface area contributed by atoms with Gasteiger partial charge in [-0.3, -0.25) is 4.79 Å². The third kappa shape index (κ3) is 4.75. The Morgan fingerprint density at radius 2 is 1.75 bits per heavy atom. The van der Waals surface area contributed by atoms with Gasteiger partial charge in [-0.25, -0.2) is 15.0 Å². The highest BCUT2D eigenvalue weighted by Crippen LogP contribution is 2.33. The van der Waals surface area contributed by atoms with E-state index in [9.17, 15) is 4.79 Å². The molecule has 0 atom stereocenters. The molecule has 0 unspecified atom stereocenters. The van der Waals surface area contributed by atoms with E-state index in [1.54, 1.807) is 7.11 Å². The smallest absolute Gasteiger partial charge is 0.229 e. The fourth-order valence-corrected chi connectivity index (χ4v) is 4.98. The Hall–Kier alpha value is -3.00. The molecule has 0 aliphatic carbocycles. The van der Waals surface area contributed by atoms with E-state index in [0.29, 0.717) is 5.13 Å². The van der Waals surface area contributed by atoms with Gasteiger partial charge in [0.05, 0.1) is 12.8 Å². The molecule has 1 amide bonds. The Labute approximate surface area is 192 Å². The first kappa shape index (κ1) is 22.2. The molecule has 8 heteroatoms. The number of hydrogen-bond acceptors (Lipinski definition) is 7. The van der Waals surface area contributed by atoms with Crippen molar-refractivity contribution in [2.45, 2.75) is 40.5 Å². The highest BCUT2D eigenvalue weighted by molar-refractivity contribution is 7.16. The summed E-state index contributed by atoms with van der Waals surface area (Å²) in [6.45, 7) is 9.56. The highest BCUT2D eigenvalue weighted by Gasteiger charge is 2.27. The molecule has 4 rings (SSSR count). The molecular formula is C24H29N5O2S. The molecule has 1 aliphatic rings. The lowest BCUT2D eigenvalue weighted by atomic mass is 9.96. The number of ether oxygens (including phenoxy) is 1. The summed E-state index contributed by atoms with van der Waals surface area (Å²) in [4.78, 5) is 30.0. The van der Waals surface area contributed by atoms with Gasteiger partial charge in [0, 0.05) is 40.8 Å². The monoisotopic (exact) mass is 451 g/mol. The van der Waals surface area contributed by atoms with E-state index in [0.717, 1.165) is 70.7 Å². The van der Waals surface area contributed by atoms with Crippen LogP contribution >= 0.6 is 11.3 Å². The molecule has 0 radical (unpaired) electrons. The van der Waals surface area contributed by atoms with E-state index in [2.05, 4.69) is 26.3 Å². The first-order chi connectivity index (χ1) is 15.3. The van der Waals surface area contributed by atoms with Crippen LogP contribution in [0.4, 0.5) is 11.1 Å². The summed E-state index contributed by atoms with van der Waals surface area (Å²) in [7, 11) is 1.67.